The van der Waals surface area contributed by atoms with Crippen LogP contribution in [0.2, 0.25) is 0 Å². The lowest BCUT2D eigenvalue weighted by atomic mass is 10.1. The van der Waals surface area contributed by atoms with E-state index >= 15 is 0 Å². The zero-order chi connectivity index (χ0) is 20.1. The number of ether oxygens (including phenoxy) is 1. The van der Waals surface area contributed by atoms with Crippen LogP contribution in [0.15, 0.2) is 24.3 Å². The lowest BCUT2D eigenvalue weighted by molar-refractivity contribution is -0.146. The number of hydrogen-bond acceptors (Lipinski definition) is 9. The second kappa shape index (κ2) is 8.51. The number of nitrogen functional groups attached to an aromatic ring is 1. The maximum absolute atomic E-state index is 12.0. The molecule has 0 aliphatic carbocycles. The van der Waals surface area contributed by atoms with Gasteiger partial charge in [-0.05, 0) is 30.4 Å². The maximum Gasteiger partial charge on any atom is 0.306 e. The number of benzene rings is 1. The van der Waals surface area contributed by atoms with Gasteiger partial charge < -0.3 is 15.8 Å². The number of nitrogens with zero attached hydrogens (tertiary/aromatic N) is 3. The summed E-state index contributed by atoms with van der Waals surface area (Å²) in [7, 11) is -3.02. The second-order valence-corrected chi connectivity index (χ2v) is 8.93. The fourth-order valence-electron chi connectivity index (χ4n) is 3.10. The van der Waals surface area contributed by atoms with E-state index in [0.717, 1.165) is 17.7 Å². The number of esters is 1. The van der Waals surface area contributed by atoms with E-state index in [9.17, 15) is 13.2 Å². The molecule has 1 fully saturated rings. The first-order valence-electron chi connectivity index (χ1n) is 9.06. The highest BCUT2D eigenvalue weighted by Crippen LogP contribution is 2.22. The van der Waals surface area contributed by atoms with Crippen LogP contribution in [0.5, 0.6) is 0 Å². The number of nitrogens with two attached hydrogens (primary N) is 1. The van der Waals surface area contributed by atoms with Gasteiger partial charge in [-0.15, -0.1) is 0 Å². The van der Waals surface area contributed by atoms with Gasteiger partial charge >= 0.3 is 5.97 Å². The van der Waals surface area contributed by atoms with Crippen molar-refractivity contribution >= 4 is 33.4 Å². The molecule has 10 heteroatoms. The van der Waals surface area contributed by atoms with E-state index in [-0.39, 0.29) is 48.2 Å². The van der Waals surface area contributed by atoms with Crippen LogP contribution in [0.3, 0.4) is 0 Å². The average Bonchev–Trinajstić information content (AvgIpc) is 2.98. The van der Waals surface area contributed by atoms with E-state index in [0.29, 0.717) is 6.42 Å². The van der Waals surface area contributed by atoms with Crippen LogP contribution in [0.1, 0.15) is 31.2 Å². The molecule has 0 bridgehead atoms. The Labute approximate surface area is 163 Å². The van der Waals surface area contributed by atoms with Crippen molar-refractivity contribution in [1.29, 1.82) is 0 Å². The fraction of sp³-hybridized carbons (Fsp3) is 0.444. The topological polar surface area (TPSA) is 137 Å². The highest BCUT2D eigenvalue weighted by atomic mass is 32.2. The van der Waals surface area contributed by atoms with Gasteiger partial charge in [0.05, 0.1) is 11.5 Å². The molecular weight excluding hydrogens is 382 g/mol. The molecule has 1 aromatic carbocycles. The predicted molar refractivity (Wildman–Crippen MR) is 105 cm³/mol. The summed E-state index contributed by atoms with van der Waals surface area (Å²) in [6.45, 7) is 1.89. The van der Waals surface area contributed by atoms with Crippen molar-refractivity contribution in [2.45, 2.75) is 32.8 Å². The third kappa shape index (κ3) is 5.38. The smallest absolute Gasteiger partial charge is 0.306 e. The van der Waals surface area contributed by atoms with Gasteiger partial charge in [-0.25, -0.2) is 8.42 Å². The van der Waals surface area contributed by atoms with Crippen LogP contribution in [-0.4, -0.2) is 40.8 Å². The Bertz CT molecular complexity index is 964. The summed E-state index contributed by atoms with van der Waals surface area (Å²) < 4.78 is 28.1. The number of rotatable bonds is 7. The van der Waals surface area contributed by atoms with Gasteiger partial charge in [0.1, 0.15) is 0 Å². The van der Waals surface area contributed by atoms with Gasteiger partial charge in [-0.3, -0.25) is 4.79 Å². The average molecular weight is 405 g/mol. The third-order valence-electron chi connectivity index (χ3n) is 4.49. The Kier molecular flexibility index (Phi) is 6.08. The molecular formula is C18H23N5O4S. The monoisotopic (exact) mass is 405 g/mol. The first kappa shape index (κ1) is 20.0. The summed E-state index contributed by atoms with van der Waals surface area (Å²) in [5, 5.41) is 3.11. The number of anilines is 3. The highest BCUT2D eigenvalue weighted by molar-refractivity contribution is 7.91. The van der Waals surface area contributed by atoms with Crippen molar-refractivity contribution in [3.05, 3.63) is 35.7 Å². The lowest BCUT2D eigenvalue weighted by Crippen LogP contribution is -2.15. The minimum atomic E-state index is -3.02. The second-order valence-electron chi connectivity index (χ2n) is 6.70. The molecule has 1 saturated heterocycles. The Hall–Kier alpha value is -2.75. The molecule has 2 aromatic rings. The molecule has 0 saturated carbocycles. The number of aryl methyl sites for hydroxylation is 1. The van der Waals surface area contributed by atoms with Crippen molar-refractivity contribution in [2.75, 3.05) is 22.6 Å². The summed E-state index contributed by atoms with van der Waals surface area (Å²) in [6, 6.07) is 7.76. The molecule has 3 N–H and O–H groups in total. The van der Waals surface area contributed by atoms with E-state index in [1.165, 1.54) is 0 Å². The summed E-state index contributed by atoms with van der Waals surface area (Å²) in [6.07, 6.45) is 1.39. The summed E-state index contributed by atoms with van der Waals surface area (Å²) in [5.41, 5.74) is 7.70. The van der Waals surface area contributed by atoms with Crippen molar-refractivity contribution in [1.82, 2.24) is 15.0 Å². The van der Waals surface area contributed by atoms with Crippen LogP contribution >= 0.6 is 0 Å². The summed E-state index contributed by atoms with van der Waals surface area (Å²) in [5.74, 6) is -0.0118. The third-order valence-corrected chi connectivity index (χ3v) is 6.33. The predicted octanol–water partition coefficient (Wildman–Crippen LogP) is 1.63. The molecule has 9 nitrogen and oxygen atoms in total. The largest absolute Gasteiger partial charge is 0.457 e. The molecule has 150 valence electrons. The molecule has 28 heavy (non-hydrogen) atoms. The minimum Gasteiger partial charge on any atom is -0.457 e. The summed E-state index contributed by atoms with van der Waals surface area (Å²) in [4.78, 5) is 24.3. The number of aromatic nitrogens is 3. The molecule has 1 atom stereocenters. The SMILES string of the molecule is CCc1ccccc1Nc1nc(N)nc(COC(=O)C[C@H]2CCS(=O)(=O)C2)n1. The van der Waals surface area contributed by atoms with Crippen LogP contribution in [0.4, 0.5) is 17.6 Å². The Balaban J connectivity index is 1.61. The molecule has 0 spiro atoms. The van der Waals surface area contributed by atoms with Crippen LogP contribution in [-0.2, 0) is 32.4 Å². The van der Waals surface area contributed by atoms with Crippen molar-refractivity contribution in [2.24, 2.45) is 5.92 Å². The van der Waals surface area contributed by atoms with Crippen LogP contribution in [0.25, 0.3) is 0 Å². The number of nitrogens with one attached hydrogen (secondary N) is 1. The number of sulfone groups is 1. The zero-order valence-corrected chi connectivity index (χ0v) is 16.4. The highest BCUT2D eigenvalue weighted by Gasteiger charge is 2.29. The lowest BCUT2D eigenvalue weighted by Gasteiger charge is -2.11. The minimum absolute atomic E-state index is 0.0133. The van der Waals surface area contributed by atoms with Gasteiger partial charge in [0, 0.05) is 12.1 Å². The normalized spacial score (nSPS) is 18.0. The van der Waals surface area contributed by atoms with Crippen molar-refractivity contribution < 1.29 is 17.9 Å². The molecule has 0 unspecified atom stereocenters. The van der Waals surface area contributed by atoms with Crippen molar-refractivity contribution in [3.8, 4) is 0 Å². The number of carbonyl (C=O) groups is 1. The molecule has 1 aliphatic heterocycles. The molecule has 2 heterocycles. The van der Waals surface area contributed by atoms with Crippen LogP contribution < -0.4 is 11.1 Å². The molecule has 3 rings (SSSR count). The Morgan fingerprint density at radius 1 is 1.29 bits per heavy atom. The summed E-state index contributed by atoms with van der Waals surface area (Å²) >= 11 is 0. The van der Waals surface area contributed by atoms with E-state index < -0.39 is 15.8 Å². The maximum atomic E-state index is 12.0. The first-order chi connectivity index (χ1) is 13.3. The quantitative estimate of drug-likeness (QED) is 0.658. The van der Waals surface area contributed by atoms with Crippen molar-refractivity contribution in [3.63, 3.8) is 0 Å². The number of hydrogen-bond donors (Lipinski definition) is 2. The van der Waals surface area contributed by atoms with Gasteiger partial charge in [0.25, 0.3) is 0 Å². The van der Waals surface area contributed by atoms with Gasteiger partial charge in [0.2, 0.25) is 11.9 Å². The van der Waals surface area contributed by atoms with E-state index in [4.69, 9.17) is 10.5 Å². The fourth-order valence-corrected chi connectivity index (χ4v) is 4.96. The molecule has 1 aliphatic rings. The van der Waals surface area contributed by atoms with Crippen LogP contribution in [0, 0.1) is 5.92 Å². The standard InChI is InChI=1S/C18H23N5O4S/c1-2-13-5-3-4-6-14(13)20-18-22-15(21-17(19)23-18)10-27-16(24)9-12-7-8-28(25,26)11-12/h3-6,12H,2,7-11H2,1H3,(H3,19,20,21,22,23)/t12-/m1/s1. The van der Waals surface area contributed by atoms with Gasteiger partial charge in [-0.1, -0.05) is 25.1 Å². The molecule has 0 amide bonds. The van der Waals surface area contributed by atoms with E-state index in [2.05, 4.69) is 20.3 Å². The number of carbonyl (C=O) groups excluding carboxylic acids is 1. The van der Waals surface area contributed by atoms with E-state index in [1.54, 1.807) is 0 Å². The number of para-hydroxylation sites is 1. The molecule has 1 aromatic heterocycles. The van der Waals surface area contributed by atoms with Gasteiger partial charge in [0.15, 0.2) is 22.3 Å². The van der Waals surface area contributed by atoms with Gasteiger partial charge in [-0.2, -0.15) is 15.0 Å². The first-order valence-corrected chi connectivity index (χ1v) is 10.9. The Morgan fingerprint density at radius 2 is 2.07 bits per heavy atom. The molecule has 0 radical (unpaired) electrons. The van der Waals surface area contributed by atoms with E-state index in [1.807, 2.05) is 31.2 Å². The Morgan fingerprint density at radius 3 is 2.79 bits per heavy atom. The zero-order valence-electron chi connectivity index (χ0n) is 15.6.